The Labute approximate surface area is 185 Å². The van der Waals surface area contributed by atoms with Gasteiger partial charge < -0.3 is 9.30 Å². The quantitative estimate of drug-likeness (QED) is 0.445. The van der Waals surface area contributed by atoms with Gasteiger partial charge in [-0.2, -0.15) is 5.26 Å². The lowest BCUT2D eigenvalue weighted by Gasteiger charge is -2.36. The number of piperazine rings is 1. The van der Waals surface area contributed by atoms with Crippen molar-refractivity contribution in [2.75, 3.05) is 31.1 Å². The minimum atomic E-state index is 0.649. The fraction of sp³-hybridized carbons (Fsp3) is 0.240. The third-order valence-electron chi connectivity index (χ3n) is 6.36. The van der Waals surface area contributed by atoms with Crippen LogP contribution in [0.2, 0.25) is 0 Å². The molecule has 1 aromatic carbocycles. The largest absolute Gasteiger partial charge is 0.355 e. The monoisotopic (exact) mass is 421 g/mol. The van der Waals surface area contributed by atoms with Gasteiger partial charge in [0.15, 0.2) is 5.65 Å². The maximum absolute atomic E-state index is 9.74. The highest BCUT2D eigenvalue weighted by atomic mass is 15.3. The Morgan fingerprint density at radius 2 is 1.81 bits per heavy atom. The summed E-state index contributed by atoms with van der Waals surface area (Å²) in [6.45, 7) is 6.61. The van der Waals surface area contributed by atoms with Crippen molar-refractivity contribution in [3.8, 4) is 6.07 Å². The van der Waals surface area contributed by atoms with Crippen molar-refractivity contribution in [2.24, 2.45) is 0 Å². The Morgan fingerprint density at radius 1 is 1.00 bits per heavy atom. The van der Waals surface area contributed by atoms with E-state index in [0.29, 0.717) is 5.56 Å². The lowest BCUT2D eigenvalue weighted by molar-refractivity contribution is 0.247. The van der Waals surface area contributed by atoms with E-state index in [1.807, 2.05) is 49.5 Å². The van der Waals surface area contributed by atoms with E-state index < -0.39 is 0 Å². The molecule has 4 aromatic heterocycles. The number of anilines is 1. The molecule has 6 rings (SSSR count). The second-order valence-electron chi connectivity index (χ2n) is 8.39. The third kappa shape index (κ3) is 3.00. The topological polar surface area (TPSA) is 64.9 Å². The maximum atomic E-state index is 9.74. The molecule has 0 bridgehead atoms. The van der Waals surface area contributed by atoms with Crippen molar-refractivity contribution in [3.63, 3.8) is 0 Å². The molecule has 5 heterocycles. The average molecular weight is 422 g/mol. The summed E-state index contributed by atoms with van der Waals surface area (Å²) in [4.78, 5) is 14.4. The van der Waals surface area contributed by atoms with Crippen molar-refractivity contribution < 1.29 is 0 Å². The molecule has 32 heavy (non-hydrogen) atoms. The molecular formula is C25H23N7. The first kappa shape index (κ1) is 18.8. The van der Waals surface area contributed by atoms with Gasteiger partial charge in [0, 0.05) is 45.1 Å². The van der Waals surface area contributed by atoms with E-state index in [9.17, 15) is 5.26 Å². The first-order valence-corrected chi connectivity index (χ1v) is 10.9. The van der Waals surface area contributed by atoms with Crippen LogP contribution in [0.15, 0.2) is 60.9 Å². The van der Waals surface area contributed by atoms with E-state index in [-0.39, 0.29) is 0 Å². The van der Waals surface area contributed by atoms with Crippen LogP contribution in [0.4, 0.5) is 5.82 Å². The second-order valence-corrected chi connectivity index (χ2v) is 8.39. The fourth-order valence-corrected chi connectivity index (χ4v) is 4.73. The van der Waals surface area contributed by atoms with Gasteiger partial charge in [0.2, 0.25) is 0 Å². The number of para-hydroxylation sites is 2. The first-order valence-electron chi connectivity index (χ1n) is 10.9. The Morgan fingerprint density at radius 3 is 2.62 bits per heavy atom. The van der Waals surface area contributed by atoms with Crippen molar-refractivity contribution in [1.29, 1.82) is 5.26 Å². The zero-order chi connectivity index (χ0) is 21.7. The molecule has 0 atom stereocenters. The van der Waals surface area contributed by atoms with Gasteiger partial charge >= 0.3 is 0 Å². The zero-order valence-electron chi connectivity index (χ0n) is 17.9. The maximum Gasteiger partial charge on any atom is 0.157 e. The van der Waals surface area contributed by atoms with Gasteiger partial charge in [-0.25, -0.2) is 9.97 Å². The SMILES string of the molecule is Cc1cc(N2CCN(Cc3cn4ccccc4n3)CC2)n2c(nc3ccccc32)c1C#N. The normalized spacial score (nSPS) is 15.1. The van der Waals surface area contributed by atoms with Gasteiger partial charge in [0.05, 0.1) is 22.3 Å². The summed E-state index contributed by atoms with van der Waals surface area (Å²) in [5.41, 5.74) is 6.41. The predicted molar refractivity (Wildman–Crippen MR) is 125 cm³/mol. The van der Waals surface area contributed by atoms with Crippen LogP contribution >= 0.6 is 0 Å². The Bertz CT molecular complexity index is 1460. The Balaban J connectivity index is 1.29. The minimum absolute atomic E-state index is 0.649. The molecule has 1 fully saturated rings. The van der Waals surface area contributed by atoms with Crippen LogP contribution in [-0.2, 0) is 6.54 Å². The molecule has 7 nitrogen and oxygen atoms in total. The molecule has 1 aliphatic heterocycles. The minimum Gasteiger partial charge on any atom is -0.355 e. The number of fused-ring (bicyclic) bond motifs is 4. The van der Waals surface area contributed by atoms with Gasteiger partial charge in [-0.1, -0.05) is 18.2 Å². The summed E-state index contributed by atoms with van der Waals surface area (Å²) in [6, 6.07) is 18.7. The van der Waals surface area contributed by atoms with Crippen LogP contribution in [0.3, 0.4) is 0 Å². The molecule has 1 saturated heterocycles. The summed E-state index contributed by atoms with van der Waals surface area (Å²) in [5, 5.41) is 9.74. The van der Waals surface area contributed by atoms with E-state index in [0.717, 1.165) is 72.1 Å². The number of rotatable bonds is 3. The molecule has 0 saturated carbocycles. The van der Waals surface area contributed by atoms with Crippen molar-refractivity contribution >= 4 is 28.1 Å². The number of nitrogens with zero attached hydrogens (tertiary/aromatic N) is 7. The number of nitriles is 1. The molecule has 0 spiro atoms. The molecule has 0 unspecified atom stereocenters. The highest BCUT2D eigenvalue weighted by molar-refractivity contribution is 5.85. The molecule has 5 aromatic rings. The Hall–Kier alpha value is -3.89. The summed E-state index contributed by atoms with van der Waals surface area (Å²) in [6.07, 6.45) is 4.16. The number of hydrogen-bond acceptors (Lipinski definition) is 5. The molecule has 7 heteroatoms. The average Bonchev–Trinajstić information content (AvgIpc) is 3.40. The summed E-state index contributed by atoms with van der Waals surface area (Å²) < 4.78 is 4.23. The number of hydrogen-bond donors (Lipinski definition) is 0. The van der Waals surface area contributed by atoms with Crippen LogP contribution in [-0.4, -0.2) is 49.8 Å². The highest BCUT2D eigenvalue weighted by Crippen LogP contribution is 2.29. The van der Waals surface area contributed by atoms with Crippen molar-refractivity contribution in [3.05, 3.63) is 77.7 Å². The molecule has 158 valence electrons. The molecule has 0 N–H and O–H groups in total. The zero-order valence-corrected chi connectivity index (χ0v) is 17.9. The number of benzene rings is 1. The van der Waals surface area contributed by atoms with Crippen LogP contribution < -0.4 is 4.90 Å². The van der Waals surface area contributed by atoms with Gasteiger partial charge in [-0.3, -0.25) is 9.30 Å². The predicted octanol–water partition coefficient (Wildman–Crippen LogP) is 3.64. The second kappa shape index (κ2) is 7.36. The number of aromatic nitrogens is 4. The van der Waals surface area contributed by atoms with E-state index >= 15 is 0 Å². The number of pyridine rings is 2. The molecule has 1 aliphatic rings. The Kier molecular flexibility index (Phi) is 4.33. The highest BCUT2D eigenvalue weighted by Gasteiger charge is 2.23. The molecular weight excluding hydrogens is 398 g/mol. The third-order valence-corrected chi connectivity index (χ3v) is 6.36. The van der Waals surface area contributed by atoms with Crippen LogP contribution in [0, 0.1) is 18.3 Å². The smallest absolute Gasteiger partial charge is 0.157 e. The van der Waals surface area contributed by atoms with Crippen molar-refractivity contribution in [1.82, 2.24) is 23.7 Å². The summed E-state index contributed by atoms with van der Waals surface area (Å²) >= 11 is 0. The van der Waals surface area contributed by atoms with Gasteiger partial charge in [-0.05, 0) is 42.8 Å². The fourth-order valence-electron chi connectivity index (χ4n) is 4.73. The summed E-state index contributed by atoms with van der Waals surface area (Å²) in [7, 11) is 0. The molecule has 0 amide bonds. The summed E-state index contributed by atoms with van der Waals surface area (Å²) in [5.74, 6) is 1.11. The van der Waals surface area contributed by atoms with E-state index in [1.165, 1.54) is 0 Å². The number of imidazole rings is 2. The van der Waals surface area contributed by atoms with Crippen molar-refractivity contribution in [2.45, 2.75) is 13.5 Å². The van der Waals surface area contributed by atoms with E-state index in [2.05, 4.69) is 43.0 Å². The lowest BCUT2D eigenvalue weighted by atomic mass is 10.1. The molecule has 0 aliphatic carbocycles. The van der Waals surface area contributed by atoms with E-state index in [4.69, 9.17) is 9.97 Å². The lowest BCUT2D eigenvalue weighted by Crippen LogP contribution is -2.46. The van der Waals surface area contributed by atoms with Crippen LogP contribution in [0.1, 0.15) is 16.8 Å². The number of aryl methyl sites for hydroxylation is 1. The van der Waals surface area contributed by atoms with Crippen LogP contribution in [0.5, 0.6) is 0 Å². The van der Waals surface area contributed by atoms with Gasteiger partial charge in [-0.15, -0.1) is 0 Å². The molecule has 0 radical (unpaired) electrons. The van der Waals surface area contributed by atoms with Gasteiger partial charge in [0.1, 0.15) is 17.5 Å². The van der Waals surface area contributed by atoms with Gasteiger partial charge in [0.25, 0.3) is 0 Å². The standard InChI is InChI=1S/C25H23N7/c1-18-14-24(32-22-7-3-2-6-21(22)28-25(32)20(18)15-26)30-12-10-29(11-13-30)16-19-17-31-9-5-4-8-23(31)27-19/h2-9,14,17H,10-13,16H2,1H3. The van der Waals surface area contributed by atoms with E-state index in [1.54, 1.807) is 0 Å². The first-order chi connectivity index (χ1) is 15.7. The van der Waals surface area contributed by atoms with Crippen LogP contribution in [0.25, 0.3) is 22.3 Å².